The third-order valence-corrected chi connectivity index (χ3v) is 5.15. The number of amides is 3. The second kappa shape index (κ2) is 10.0. The molecule has 3 rings (SSSR count). The Labute approximate surface area is 169 Å². The lowest BCUT2D eigenvalue weighted by Gasteiger charge is -2.32. The average molecular weight is 401 g/mol. The molecule has 1 aliphatic heterocycles. The molecular weight excluding hydrogens is 376 g/mol. The summed E-state index contributed by atoms with van der Waals surface area (Å²) in [6.07, 6.45) is 2.85. The van der Waals surface area contributed by atoms with Crippen molar-refractivity contribution >= 4 is 17.6 Å². The number of carbonyl (C=O) groups is 2. The van der Waals surface area contributed by atoms with Crippen LogP contribution in [0.5, 0.6) is 0 Å². The molecule has 2 aromatic rings. The van der Waals surface area contributed by atoms with Gasteiger partial charge in [0, 0.05) is 25.7 Å². The highest BCUT2D eigenvalue weighted by molar-refractivity contribution is 5.89. The van der Waals surface area contributed by atoms with Gasteiger partial charge in [-0.2, -0.15) is 0 Å². The molecule has 1 fully saturated rings. The summed E-state index contributed by atoms with van der Waals surface area (Å²) in [6, 6.07) is 12.1. The van der Waals surface area contributed by atoms with Crippen LogP contribution in [-0.2, 0) is 11.2 Å². The Morgan fingerprint density at radius 3 is 2.48 bits per heavy atom. The predicted molar refractivity (Wildman–Crippen MR) is 107 cm³/mol. The van der Waals surface area contributed by atoms with Crippen molar-refractivity contribution in [3.05, 3.63) is 65.7 Å². The van der Waals surface area contributed by atoms with Gasteiger partial charge in [-0.05, 0) is 42.9 Å². The molecule has 0 saturated carbocycles. The van der Waals surface area contributed by atoms with Gasteiger partial charge in [0.05, 0.1) is 12.1 Å². The van der Waals surface area contributed by atoms with Crippen LogP contribution in [0.25, 0.3) is 0 Å². The van der Waals surface area contributed by atoms with Gasteiger partial charge < -0.3 is 15.5 Å². The molecule has 5 nitrogen and oxygen atoms in total. The standard InChI is InChI=1S/C22H25F2N3O2/c23-18-6-7-19(24)20(15-18)26-22(29)27-12-9-16(10-13-27)8-11-25-21(28)14-17-4-2-1-3-5-17/h1-7,15-16H,8-14H2,(H,25,28)(H,26,29). The van der Waals surface area contributed by atoms with E-state index in [9.17, 15) is 18.4 Å². The molecule has 3 amide bonds. The Hall–Kier alpha value is -2.96. The van der Waals surface area contributed by atoms with Crippen LogP contribution in [-0.4, -0.2) is 36.5 Å². The summed E-state index contributed by atoms with van der Waals surface area (Å²) in [5.74, 6) is -0.845. The van der Waals surface area contributed by atoms with Gasteiger partial charge in [-0.25, -0.2) is 13.6 Å². The molecule has 0 spiro atoms. The molecule has 29 heavy (non-hydrogen) atoms. The minimum absolute atomic E-state index is 0.00475. The lowest BCUT2D eigenvalue weighted by Crippen LogP contribution is -2.41. The number of likely N-dealkylation sites (tertiary alicyclic amines) is 1. The van der Waals surface area contributed by atoms with E-state index in [4.69, 9.17) is 0 Å². The fraction of sp³-hybridized carbons (Fsp3) is 0.364. The number of piperidine rings is 1. The van der Waals surface area contributed by atoms with Crippen LogP contribution in [0, 0.1) is 17.6 Å². The van der Waals surface area contributed by atoms with Gasteiger partial charge in [-0.15, -0.1) is 0 Å². The summed E-state index contributed by atoms with van der Waals surface area (Å²) in [7, 11) is 0. The maximum Gasteiger partial charge on any atom is 0.321 e. The Morgan fingerprint density at radius 1 is 1.03 bits per heavy atom. The van der Waals surface area contributed by atoms with E-state index in [0.29, 0.717) is 32.0 Å². The topological polar surface area (TPSA) is 61.4 Å². The van der Waals surface area contributed by atoms with Gasteiger partial charge >= 0.3 is 6.03 Å². The zero-order valence-electron chi connectivity index (χ0n) is 16.2. The first-order valence-electron chi connectivity index (χ1n) is 9.83. The zero-order valence-corrected chi connectivity index (χ0v) is 16.2. The maximum atomic E-state index is 13.7. The zero-order chi connectivity index (χ0) is 20.6. The lowest BCUT2D eigenvalue weighted by molar-refractivity contribution is -0.120. The van der Waals surface area contributed by atoms with E-state index in [0.717, 1.165) is 43.0 Å². The minimum atomic E-state index is -0.666. The van der Waals surface area contributed by atoms with Crippen LogP contribution in [0.4, 0.5) is 19.3 Å². The normalized spacial score (nSPS) is 14.5. The van der Waals surface area contributed by atoms with Crippen LogP contribution in [0.15, 0.2) is 48.5 Å². The summed E-state index contributed by atoms with van der Waals surface area (Å²) >= 11 is 0. The van der Waals surface area contributed by atoms with Crippen LogP contribution in [0.3, 0.4) is 0 Å². The van der Waals surface area contributed by atoms with Crippen LogP contribution >= 0.6 is 0 Å². The molecule has 0 atom stereocenters. The fourth-order valence-corrected chi connectivity index (χ4v) is 3.47. The summed E-state index contributed by atoms with van der Waals surface area (Å²) in [5.41, 5.74) is 0.831. The first-order valence-corrected chi connectivity index (χ1v) is 9.83. The highest BCUT2D eigenvalue weighted by Crippen LogP contribution is 2.22. The first-order chi connectivity index (χ1) is 14.0. The van der Waals surface area contributed by atoms with Gasteiger partial charge in [-0.1, -0.05) is 30.3 Å². The van der Waals surface area contributed by atoms with Gasteiger partial charge in [0.15, 0.2) is 0 Å². The number of benzene rings is 2. The fourth-order valence-electron chi connectivity index (χ4n) is 3.47. The van der Waals surface area contributed by atoms with Gasteiger partial charge in [0.1, 0.15) is 11.6 Å². The summed E-state index contributed by atoms with van der Waals surface area (Å²) in [5, 5.41) is 5.38. The second-order valence-electron chi connectivity index (χ2n) is 7.29. The molecular formula is C22H25F2N3O2. The van der Waals surface area contributed by atoms with E-state index in [1.54, 1.807) is 4.90 Å². The monoisotopic (exact) mass is 401 g/mol. The van der Waals surface area contributed by atoms with Gasteiger partial charge in [0.2, 0.25) is 5.91 Å². The lowest BCUT2D eigenvalue weighted by atomic mass is 9.93. The van der Waals surface area contributed by atoms with Crippen LogP contribution in [0.1, 0.15) is 24.8 Å². The van der Waals surface area contributed by atoms with E-state index < -0.39 is 17.7 Å². The van der Waals surface area contributed by atoms with Crippen molar-refractivity contribution in [1.82, 2.24) is 10.2 Å². The molecule has 0 radical (unpaired) electrons. The van der Waals surface area contributed by atoms with Gasteiger partial charge in [0.25, 0.3) is 0 Å². The smallest absolute Gasteiger partial charge is 0.321 e. The summed E-state index contributed by atoms with van der Waals surface area (Å²) in [4.78, 5) is 25.9. The van der Waals surface area contributed by atoms with Gasteiger partial charge in [-0.3, -0.25) is 4.79 Å². The number of hydrogen-bond donors (Lipinski definition) is 2. The molecule has 0 aliphatic carbocycles. The quantitative estimate of drug-likeness (QED) is 0.770. The van der Waals surface area contributed by atoms with Crippen molar-refractivity contribution in [2.75, 3.05) is 25.0 Å². The first kappa shape index (κ1) is 20.8. The van der Waals surface area contributed by atoms with Crippen molar-refractivity contribution in [2.24, 2.45) is 5.92 Å². The van der Waals surface area contributed by atoms with Crippen LogP contribution in [0.2, 0.25) is 0 Å². The molecule has 0 aromatic heterocycles. The Kier molecular flexibility index (Phi) is 7.16. The van der Waals surface area contributed by atoms with Crippen molar-refractivity contribution in [1.29, 1.82) is 0 Å². The third kappa shape index (κ3) is 6.27. The maximum absolute atomic E-state index is 13.7. The highest BCUT2D eigenvalue weighted by atomic mass is 19.1. The third-order valence-electron chi connectivity index (χ3n) is 5.15. The molecule has 0 bridgehead atoms. The molecule has 2 aromatic carbocycles. The molecule has 7 heteroatoms. The number of halogens is 2. The molecule has 154 valence electrons. The molecule has 0 unspecified atom stereocenters. The van der Waals surface area contributed by atoms with Crippen molar-refractivity contribution < 1.29 is 18.4 Å². The number of carbonyl (C=O) groups excluding carboxylic acids is 2. The number of rotatable bonds is 6. The number of urea groups is 1. The molecule has 1 aliphatic rings. The van der Waals surface area contributed by atoms with E-state index in [1.165, 1.54) is 0 Å². The Balaban J connectivity index is 1.36. The number of anilines is 1. The Morgan fingerprint density at radius 2 is 1.76 bits per heavy atom. The Bertz CT molecular complexity index is 837. The van der Waals surface area contributed by atoms with E-state index >= 15 is 0 Å². The summed E-state index contributed by atoms with van der Waals surface area (Å²) in [6.45, 7) is 1.70. The number of hydrogen-bond acceptors (Lipinski definition) is 2. The van der Waals surface area contributed by atoms with Crippen molar-refractivity contribution in [3.63, 3.8) is 0 Å². The SMILES string of the molecule is O=C(Cc1ccccc1)NCCC1CCN(C(=O)Nc2cc(F)ccc2F)CC1. The largest absolute Gasteiger partial charge is 0.356 e. The molecule has 1 saturated heterocycles. The average Bonchev–Trinajstić information content (AvgIpc) is 2.72. The number of nitrogens with one attached hydrogen (secondary N) is 2. The molecule has 2 N–H and O–H groups in total. The van der Waals surface area contributed by atoms with Crippen LogP contribution < -0.4 is 10.6 Å². The number of nitrogens with zero attached hydrogens (tertiary/aromatic N) is 1. The molecule has 1 heterocycles. The minimum Gasteiger partial charge on any atom is -0.356 e. The van der Waals surface area contributed by atoms with Crippen molar-refractivity contribution in [3.8, 4) is 0 Å². The van der Waals surface area contributed by atoms with E-state index in [2.05, 4.69) is 10.6 Å². The van der Waals surface area contributed by atoms with E-state index in [1.807, 2.05) is 30.3 Å². The van der Waals surface area contributed by atoms with E-state index in [-0.39, 0.29) is 11.6 Å². The summed E-state index contributed by atoms with van der Waals surface area (Å²) < 4.78 is 26.9. The predicted octanol–water partition coefficient (Wildman–Crippen LogP) is 3.96. The second-order valence-corrected chi connectivity index (χ2v) is 7.29. The highest BCUT2D eigenvalue weighted by Gasteiger charge is 2.23. The van der Waals surface area contributed by atoms with Crippen molar-refractivity contribution in [2.45, 2.75) is 25.7 Å².